The molecule has 0 unspecified atom stereocenters. The molecule has 0 radical (unpaired) electrons. The largest absolute Gasteiger partial charge is 0.345 e. The van der Waals surface area contributed by atoms with Crippen molar-refractivity contribution in [2.45, 2.75) is 25.7 Å². The fourth-order valence-corrected chi connectivity index (χ4v) is 1.30. The number of carbonyl (C=O) groups excluding carboxylic acids is 1. The minimum absolute atomic E-state index is 0.580. The van der Waals surface area contributed by atoms with Crippen molar-refractivity contribution in [2.24, 2.45) is 0 Å². The van der Waals surface area contributed by atoms with Gasteiger partial charge in [0.1, 0.15) is 11.5 Å². The molecule has 1 fully saturated rings. The van der Waals surface area contributed by atoms with E-state index in [9.17, 15) is 4.79 Å². The second-order valence-corrected chi connectivity index (χ2v) is 3.01. The van der Waals surface area contributed by atoms with Crippen LogP contribution in [0.25, 0.3) is 0 Å². The SMILES string of the molecule is Cc1nc(C=O)c(C2CC2)[nH]1. The summed E-state index contributed by atoms with van der Waals surface area (Å²) < 4.78 is 0. The van der Waals surface area contributed by atoms with Crippen LogP contribution >= 0.6 is 0 Å². The molecule has 1 aromatic heterocycles. The first kappa shape index (κ1) is 6.58. The maximum Gasteiger partial charge on any atom is 0.170 e. The van der Waals surface area contributed by atoms with Crippen molar-refractivity contribution in [3.8, 4) is 0 Å². The average molecular weight is 150 g/mol. The Morgan fingerprint density at radius 1 is 1.64 bits per heavy atom. The Hall–Kier alpha value is -1.12. The lowest BCUT2D eigenvalue weighted by atomic mass is 10.2. The van der Waals surface area contributed by atoms with Crippen LogP contribution in [0.4, 0.5) is 0 Å². The molecule has 0 saturated heterocycles. The third-order valence-electron chi connectivity index (χ3n) is 1.98. The monoisotopic (exact) mass is 150 g/mol. The van der Waals surface area contributed by atoms with Gasteiger partial charge in [0.05, 0.1) is 0 Å². The number of aryl methyl sites for hydroxylation is 1. The van der Waals surface area contributed by atoms with Crippen LogP contribution in [0.5, 0.6) is 0 Å². The van der Waals surface area contributed by atoms with E-state index in [4.69, 9.17) is 0 Å². The zero-order chi connectivity index (χ0) is 7.84. The van der Waals surface area contributed by atoms with Gasteiger partial charge < -0.3 is 4.98 Å². The lowest BCUT2D eigenvalue weighted by Crippen LogP contribution is -1.86. The molecule has 0 bridgehead atoms. The summed E-state index contributed by atoms with van der Waals surface area (Å²) in [6.07, 6.45) is 3.22. The third-order valence-corrected chi connectivity index (χ3v) is 1.98. The number of nitrogens with zero attached hydrogens (tertiary/aromatic N) is 1. The number of hydrogen-bond donors (Lipinski definition) is 1. The summed E-state index contributed by atoms with van der Waals surface area (Å²) in [6, 6.07) is 0. The fourth-order valence-electron chi connectivity index (χ4n) is 1.30. The first-order valence-electron chi connectivity index (χ1n) is 3.83. The van der Waals surface area contributed by atoms with Crippen molar-refractivity contribution in [3.05, 3.63) is 17.2 Å². The molecule has 0 amide bonds. The van der Waals surface area contributed by atoms with Crippen molar-refractivity contribution in [3.63, 3.8) is 0 Å². The molecule has 0 aromatic carbocycles. The smallest absolute Gasteiger partial charge is 0.170 e. The number of carbonyl (C=O) groups is 1. The highest BCUT2D eigenvalue weighted by atomic mass is 16.1. The summed E-state index contributed by atoms with van der Waals surface area (Å²) in [5.41, 5.74) is 1.64. The Labute approximate surface area is 64.8 Å². The number of aromatic amines is 1. The number of aromatic nitrogens is 2. The van der Waals surface area contributed by atoms with Gasteiger partial charge in [-0.25, -0.2) is 4.98 Å². The molecule has 2 rings (SSSR count). The predicted octanol–water partition coefficient (Wildman–Crippen LogP) is 1.41. The van der Waals surface area contributed by atoms with Crippen LogP contribution in [-0.2, 0) is 0 Å². The molecule has 3 nitrogen and oxygen atoms in total. The first-order valence-corrected chi connectivity index (χ1v) is 3.83. The molecule has 1 aliphatic carbocycles. The molecule has 11 heavy (non-hydrogen) atoms. The van der Waals surface area contributed by atoms with Gasteiger partial charge in [-0.3, -0.25) is 4.79 Å². The van der Waals surface area contributed by atoms with Crippen molar-refractivity contribution in [1.29, 1.82) is 0 Å². The maximum absolute atomic E-state index is 10.5. The van der Waals surface area contributed by atoms with E-state index in [0.717, 1.165) is 17.8 Å². The molecule has 0 atom stereocenters. The maximum atomic E-state index is 10.5. The molecule has 0 spiro atoms. The Morgan fingerprint density at radius 3 is 2.91 bits per heavy atom. The summed E-state index contributed by atoms with van der Waals surface area (Å²) >= 11 is 0. The topological polar surface area (TPSA) is 45.8 Å². The minimum atomic E-state index is 0.580. The second-order valence-electron chi connectivity index (χ2n) is 3.01. The van der Waals surface area contributed by atoms with Gasteiger partial charge in [-0.15, -0.1) is 0 Å². The number of rotatable bonds is 2. The Balaban J connectivity index is 2.41. The summed E-state index contributed by atoms with van der Waals surface area (Å²) in [5, 5.41) is 0. The summed E-state index contributed by atoms with van der Waals surface area (Å²) in [4.78, 5) is 17.7. The minimum Gasteiger partial charge on any atom is -0.345 e. The van der Waals surface area contributed by atoms with E-state index in [2.05, 4.69) is 9.97 Å². The zero-order valence-corrected chi connectivity index (χ0v) is 6.42. The summed E-state index contributed by atoms with van der Waals surface area (Å²) in [7, 11) is 0. The molecule has 0 aliphatic heterocycles. The van der Waals surface area contributed by atoms with E-state index in [1.165, 1.54) is 12.8 Å². The lowest BCUT2D eigenvalue weighted by molar-refractivity contribution is 0.111. The van der Waals surface area contributed by atoms with Gasteiger partial charge in [0.25, 0.3) is 0 Å². The van der Waals surface area contributed by atoms with Crippen molar-refractivity contribution in [2.75, 3.05) is 0 Å². The van der Waals surface area contributed by atoms with E-state index in [0.29, 0.717) is 11.6 Å². The number of hydrogen-bond acceptors (Lipinski definition) is 2. The molecular weight excluding hydrogens is 140 g/mol. The fraction of sp³-hybridized carbons (Fsp3) is 0.500. The van der Waals surface area contributed by atoms with Crippen LogP contribution < -0.4 is 0 Å². The van der Waals surface area contributed by atoms with Gasteiger partial charge in [0.2, 0.25) is 0 Å². The van der Waals surface area contributed by atoms with E-state index < -0.39 is 0 Å². The van der Waals surface area contributed by atoms with Gasteiger partial charge >= 0.3 is 0 Å². The normalized spacial score (nSPS) is 16.8. The van der Waals surface area contributed by atoms with Crippen molar-refractivity contribution >= 4 is 6.29 Å². The Kier molecular flexibility index (Phi) is 1.31. The molecular formula is C8H10N2O. The van der Waals surface area contributed by atoms with Crippen molar-refractivity contribution in [1.82, 2.24) is 9.97 Å². The van der Waals surface area contributed by atoms with E-state index in [1.807, 2.05) is 6.92 Å². The van der Waals surface area contributed by atoms with Gasteiger partial charge in [-0.2, -0.15) is 0 Å². The second kappa shape index (κ2) is 2.19. The molecule has 1 N–H and O–H groups in total. The van der Waals surface area contributed by atoms with Crippen LogP contribution in [0.15, 0.2) is 0 Å². The zero-order valence-electron chi connectivity index (χ0n) is 6.42. The molecule has 3 heteroatoms. The van der Waals surface area contributed by atoms with Crippen LogP contribution in [0.3, 0.4) is 0 Å². The molecule has 1 aliphatic rings. The quantitative estimate of drug-likeness (QED) is 0.648. The molecule has 1 heterocycles. The average Bonchev–Trinajstić information content (AvgIpc) is 2.75. The van der Waals surface area contributed by atoms with Gasteiger partial charge in [0.15, 0.2) is 6.29 Å². The third kappa shape index (κ3) is 1.06. The lowest BCUT2D eigenvalue weighted by Gasteiger charge is -1.89. The summed E-state index contributed by atoms with van der Waals surface area (Å²) in [5.74, 6) is 1.42. The van der Waals surface area contributed by atoms with E-state index >= 15 is 0 Å². The number of H-pyrrole nitrogens is 1. The van der Waals surface area contributed by atoms with E-state index in [-0.39, 0.29) is 0 Å². The van der Waals surface area contributed by atoms with Crippen LogP contribution in [0.1, 0.15) is 40.8 Å². The van der Waals surface area contributed by atoms with Crippen LogP contribution in [-0.4, -0.2) is 16.3 Å². The van der Waals surface area contributed by atoms with Gasteiger partial charge in [0, 0.05) is 11.6 Å². The molecule has 58 valence electrons. The number of nitrogens with one attached hydrogen (secondary N) is 1. The Bertz CT molecular complexity index is 286. The van der Waals surface area contributed by atoms with Gasteiger partial charge in [-0.1, -0.05) is 0 Å². The highest BCUT2D eigenvalue weighted by Crippen LogP contribution is 2.40. The Morgan fingerprint density at radius 2 is 2.36 bits per heavy atom. The van der Waals surface area contributed by atoms with Crippen molar-refractivity contribution < 1.29 is 4.79 Å². The standard InChI is InChI=1S/C8H10N2O/c1-5-9-7(4-11)8(10-5)6-2-3-6/h4,6H,2-3H2,1H3,(H,9,10). The molecule has 1 saturated carbocycles. The first-order chi connectivity index (χ1) is 5.31. The highest BCUT2D eigenvalue weighted by Gasteiger charge is 2.28. The van der Waals surface area contributed by atoms with E-state index in [1.54, 1.807) is 0 Å². The highest BCUT2D eigenvalue weighted by molar-refractivity contribution is 5.74. The number of aldehydes is 1. The molecule has 1 aromatic rings. The predicted molar refractivity (Wildman–Crippen MR) is 40.7 cm³/mol. The number of imidazole rings is 1. The van der Waals surface area contributed by atoms with Crippen LogP contribution in [0.2, 0.25) is 0 Å². The summed E-state index contributed by atoms with van der Waals surface area (Å²) in [6.45, 7) is 1.87. The van der Waals surface area contributed by atoms with Crippen LogP contribution in [0, 0.1) is 6.92 Å². The van der Waals surface area contributed by atoms with Gasteiger partial charge in [-0.05, 0) is 19.8 Å².